The van der Waals surface area contributed by atoms with Crippen LogP contribution >= 0.6 is 27.7 Å². The summed E-state index contributed by atoms with van der Waals surface area (Å²) in [7, 11) is 0. The van der Waals surface area contributed by atoms with Gasteiger partial charge >= 0.3 is 0 Å². The number of thioether (sulfide) groups is 1. The van der Waals surface area contributed by atoms with E-state index in [1.807, 2.05) is 26.0 Å². The number of nitrogens with zero attached hydrogens (tertiary/aromatic N) is 1. The molecule has 0 aliphatic carbocycles. The van der Waals surface area contributed by atoms with Crippen molar-refractivity contribution in [3.8, 4) is 5.75 Å². The van der Waals surface area contributed by atoms with E-state index in [2.05, 4.69) is 21.2 Å². The maximum absolute atomic E-state index is 13.1. The molecule has 3 aromatic carbocycles. The standard InChI is InChI=1S/C27H22BrFN2O4S/c1-16-11-22(28)23(12-17(16)2)30-25(32)15-35-21-9-5-18(6-10-21)13-24-26(33)31(27(34)36-24)14-19-3-7-20(29)8-4-19/h3-13H,14-15H2,1-2H3,(H,30,32)/b24-13-. The molecule has 4 rings (SSSR count). The Morgan fingerprint density at radius 2 is 1.72 bits per heavy atom. The molecular formula is C27H22BrFN2O4S. The van der Waals surface area contributed by atoms with Crippen molar-refractivity contribution >= 4 is 56.5 Å². The zero-order chi connectivity index (χ0) is 25.8. The maximum atomic E-state index is 13.1. The summed E-state index contributed by atoms with van der Waals surface area (Å²) in [5.41, 5.74) is 4.23. The van der Waals surface area contributed by atoms with Crippen LogP contribution in [-0.2, 0) is 16.1 Å². The normalized spacial score (nSPS) is 14.4. The fourth-order valence-electron chi connectivity index (χ4n) is 3.43. The van der Waals surface area contributed by atoms with Gasteiger partial charge in [-0.3, -0.25) is 19.3 Å². The molecule has 1 saturated heterocycles. The Morgan fingerprint density at radius 3 is 2.42 bits per heavy atom. The van der Waals surface area contributed by atoms with Gasteiger partial charge in [0, 0.05) is 4.47 Å². The molecule has 0 atom stereocenters. The van der Waals surface area contributed by atoms with Crippen molar-refractivity contribution in [2.45, 2.75) is 20.4 Å². The molecule has 1 aliphatic heterocycles. The number of anilines is 1. The minimum Gasteiger partial charge on any atom is -0.484 e. The van der Waals surface area contributed by atoms with Gasteiger partial charge in [0.1, 0.15) is 11.6 Å². The van der Waals surface area contributed by atoms with E-state index in [9.17, 15) is 18.8 Å². The van der Waals surface area contributed by atoms with Crippen LogP contribution < -0.4 is 10.1 Å². The Hall–Kier alpha value is -3.43. The Kier molecular flexibility index (Phi) is 7.91. The van der Waals surface area contributed by atoms with E-state index in [1.54, 1.807) is 42.5 Å². The molecule has 0 radical (unpaired) electrons. The van der Waals surface area contributed by atoms with Crippen LogP contribution in [0.4, 0.5) is 14.9 Å². The lowest BCUT2D eigenvalue weighted by Gasteiger charge is -2.12. The summed E-state index contributed by atoms with van der Waals surface area (Å²) in [4.78, 5) is 38.8. The molecule has 9 heteroatoms. The van der Waals surface area contributed by atoms with Crippen molar-refractivity contribution in [1.82, 2.24) is 4.90 Å². The first-order valence-electron chi connectivity index (χ1n) is 11.0. The lowest BCUT2D eigenvalue weighted by atomic mass is 10.1. The third-order valence-corrected chi connectivity index (χ3v) is 7.10. The number of halogens is 2. The van der Waals surface area contributed by atoms with Crippen LogP contribution in [0.25, 0.3) is 6.08 Å². The van der Waals surface area contributed by atoms with E-state index in [-0.39, 0.29) is 30.1 Å². The van der Waals surface area contributed by atoms with Gasteiger partial charge in [0.15, 0.2) is 6.61 Å². The SMILES string of the molecule is Cc1cc(Br)c(NC(=O)COc2ccc(/C=C3\SC(=O)N(Cc4ccc(F)cc4)C3=O)cc2)cc1C. The number of nitrogens with one attached hydrogen (secondary N) is 1. The van der Waals surface area contributed by atoms with Gasteiger partial charge in [-0.1, -0.05) is 24.3 Å². The van der Waals surface area contributed by atoms with Gasteiger partial charge < -0.3 is 10.1 Å². The summed E-state index contributed by atoms with van der Waals surface area (Å²) in [6.07, 6.45) is 1.63. The average Bonchev–Trinajstić information content (AvgIpc) is 3.10. The van der Waals surface area contributed by atoms with Gasteiger partial charge in [0.25, 0.3) is 17.1 Å². The molecule has 184 valence electrons. The number of carbonyl (C=O) groups is 3. The summed E-state index contributed by atoms with van der Waals surface area (Å²) in [6, 6.07) is 16.4. The first kappa shape index (κ1) is 25.7. The molecule has 0 spiro atoms. The molecule has 1 heterocycles. The van der Waals surface area contributed by atoms with E-state index in [0.29, 0.717) is 27.5 Å². The molecule has 3 aromatic rings. The number of hydrogen-bond donors (Lipinski definition) is 1. The lowest BCUT2D eigenvalue weighted by molar-refractivity contribution is -0.123. The molecular weight excluding hydrogens is 547 g/mol. The highest BCUT2D eigenvalue weighted by Crippen LogP contribution is 2.33. The van der Waals surface area contributed by atoms with Crippen LogP contribution in [0, 0.1) is 19.7 Å². The smallest absolute Gasteiger partial charge is 0.293 e. The second kappa shape index (κ2) is 11.1. The largest absolute Gasteiger partial charge is 0.484 e. The van der Waals surface area contributed by atoms with Crippen LogP contribution in [0.3, 0.4) is 0 Å². The van der Waals surface area contributed by atoms with Crippen LogP contribution in [0.5, 0.6) is 5.75 Å². The van der Waals surface area contributed by atoms with Gasteiger partial charge in [0.05, 0.1) is 17.1 Å². The molecule has 1 aliphatic rings. The van der Waals surface area contributed by atoms with Gasteiger partial charge in [-0.05, 0) is 106 Å². The van der Waals surface area contributed by atoms with Crippen molar-refractivity contribution in [1.29, 1.82) is 0 Å². The van der Waals surface area contributed by atoms with Gasteiger partial charge in [0.2, 0.25) is 0 Å². The first-order valence-corrected chi connectivity index (χ1v) is 12.6. The van der Waals surface area contributed by atoms with Gasteiger partial charge in [-0.15, -0.1) is 0 Å². The number of ether oxygens (including phenoxy) is 1. The maximum Gasteiger partial charge on any atom is 0.293 e. The minimum absolute atomic E-state index is 0.0792. The highest BCUT2D eigenvalue weighted by atomic mass is 79.9. The zero-order valence-electron chi connectivity index (χ0n) is 19.5. The number of imide groups is 1. The minimum atomic E-state index is -0.399. The first-order chi connectivity index (χ1) is 17.2. The van der Waals surface area contributed by atoms with Crippen molar-refractivity contribution in [3.05, 3.63) is 98.1 Å². The van der Waals surface area contributed by atoms with Crippen LogP contribution in [0.1, 0.15) is 22.3 Å². The van der Waals surface area contributed by atoms with Crippen LogP contribution in [0.15, 0.2) is 70.0 Å². The molecule has 1 fully saturated rings. The second-order valence-electron chi connectivity index (χ2n) is 8.22. The lowest BCUT2D eigenvalue weighted by Crippen LogP contribution is -2.27. The van der Waals surface area contributed by atoms with Gasteiger partial charge in [-0.25, -0.2) is 4.39 Å². The average molecular weight is 569 g/mol. The molecule has 36 heavy (non-hydrogen) atoms. The Labute approximate surface area is 220 Å². The quantitative estimate of drug-likeness (QED) is 0.331. The van der Waals surface area contributed by atoms with Crippen LogP contribution in [-0.4, -0.2) is 28.6 Å². The molecule has 3 amide bonds. The number of amides is 3. The van der Waals surface area contributed by atoms with Crippen molar-refractivity contribution < 1.29 is 23.5 Å². The summed E-state index contributed by atoms with van der Waals surface area (Å²) in [6.45, 7) is 3.88. The molecule has 0 aromatic heterocycles. The Balaban J connectivity index is 1.34. The summed E-state index contributed by atoms with van der Waals surface area (Å²) < 4.78 is 19.5. The molecule has 1 N–H and O–H groups in total. The van der Waals surface area contributed by atoms with E-state index in [0.717, 1.165) is 32.3 Å². The summed E-state index contributed by atoms with van der Waals surface area (Å²) in [5.74, 6) is -0.581. The predicted molar refractivity (Wildman–Crippen MR) is 142 cm³/mol. The van der Waals surface area contributed by atoms with E-state index >= 15 is 0 Å². The summed E-state index contributed by atoms with van der Waals surface area (Å²) in [5, 5.41) is 2.45. The monoisotopic (exact) mass is 568 g/mol. The van der Waals surface area contributed by atoms with E-state index in [4.69, 9.17) is 4.74 Å². The summed E-state index contributed by atoms with van der Waals surface area (Å²) >= 11 is 4.31. The van der Waals surface area contributed by atoms with Crippen LogP contribution in [0.2, 0.25) is 0 Å². The number of aryl methyl sites for hydroxylation is 2. The molecule has 0 saturated carbocycles. The van der Waals surface area contributed by atoms with Crippen molar-refractivity contribution in [3.63, 3.8) is 0 Å². The molecule has 0 unspecified atom stereocenters. The predicted octanol–water partition coefficient (Wildman–Crippen LogP) is 6.46. The van der Waals surface area contributed by atoms with Gasteiger partial charge in [-0.2, -0.15) is 0 Å². The Bertz CT molecular complexity index is 1360. The molecule has 0 bridgehead atoms. The number of carbonyl (C=O) groups excluding carboxylic acids is 3. The number of rotatable bonds is 7. The highest BCUT2D eigenvalue weighted by Gasteiger charge is 2.34. The van der Waals surface area contributed by atoms with Crippen molar-refractivity contribution in [2.75, 3.05) is 11.9 Å². The third kappa shape index (κ3) is 6.22. The zero-order valence-corrected chi connectivity index (χ0v) is 21.9. The third-order valence-electron chi connectivity index (χ3n) is 5.53. The van der Waals surface area contributed by atoms with E-state index < -0.39 is 5.91 Å². The van der Waals surface area contributed by atoms with Crippen molar-refractivity contribution in [2.24, 2.45) is 0 Å². The second-order valence-corrected chi connectivity index (χ2v) is 10.1. The molecule has 6 nitrogen and oxygen atoms in total. The fraction of sp³-hybridized carbons (Fsp3) is 0.148. The topological polar surface area (TPSA) is 75.7 Å². The fourth-order valence-corrected chi connectivity index (χ4v) is 4.83. The number of hydrogen-bond acceptors (Lipinski definition) is 5. The highest BCUT2D eigenvalue weighted by molar-refractivity contribution is 9.10. The Morgan fingerprint density at radius 1 is 1.06 bits per heavy atom. The van der Waals surface area contributed by atoms with E-state index in [1.165, 1.54) is 12.1 Å². The number of benzene rings is 3.